The fourth-order valence-corrected chi connectivity index (χ4v) is 2.42. The first kappa shape index (κ1) is 7.34. The molecular weight excluding hydrogens is 152 g/mol. The third-order valence-corrected chi connectivity index (χ3v) is 4.00. The van der Waals surface area contributed by atoms with Crippen molar-refractivity contribution in [3.05, 3.63) is 0 Å². The summed E-state index contributed by atoms with van der Waals surface area (Å²) < 4.78 is 11.3. The molecule has 0 aromatic rings. The van der Waals surface area contributed by atoms with Crippen molar-refractivity contribution in [1.29, 1.82) is 0 Å². The van der Waals surface area contributed by atoms with Gasteiger partial charge in [-0.15, -0.1) is 0 Å². The van der Waals surface area contributed by atoms with Crippen molar-refractivity contribution in [3.8, 4) is 0 Å². The van der Waals surface area contributed by atoms with E-state index in [0.717, 1.165) is 19.1 Å². The Morgan fingerprint density at radius 1 is 1.08 bits per heavy atom. The van der Waals surface area contributed by atoms with Gasteiger partial charge in [0.25, 0.3) is 0 Å². The van der Waals surface area contributed by atoms with E-state index in [0.29, 0.717) is 5.92 Å². The van der Waals surface area contributed by atoms with Gasteiger partial charge in [-0.05, 0) is 32.6 Å². The molecular formula is C10H16O2. The zero-order valence-electron chi connectivity index (χ0n) is 7.80. The molecule has 68 valence electrons. The summed E-state index contributed by atoms with van der Waals surface area (Å²) in [4.78, 5) is 0. The molecule has 0 aromatic carbocycles. The smallest absolute Gasteiger partial charge is 0.0938 e. The predicted octanol–water partition coefficient (Wildman–Crippen LogP) is 1.59. The average molecular weight is 168 g/mol. The predicted molar refractivity (Wildman–Crippen MR) is 44.9 cm³/mol. The zero-order valence-corrected chi connectivity index (χ0v) is 7.80. The fourth-order valence-electron chi connectivity index (χ4n) is 2.42. The van der Waals surface area contributed by atoms with Gasteiger partial charge in [0.2, 0.25) is 0 Å². The van der Waals surface area contributed by atoms with E-state index in [4.69, 9.17) is 9.47 Å². The summed E-state index contributed by atoms with van der Waals surface area (Å²) in [6, 6.07) is 0. The van der Waals surface area contributed by atoms with E-state index in [9.17, 15) is 0 Å². The highest BCUT2D eigenvalue weighted by atomic mass is 16.6. The van der Waals surface area contributed by atoms with Crippen LogP contribution in [0.25, 0.3) is 0 Å². The van der Waals surface area contributed by atoms with Crippen LogP contribution in [0.4, 0.5) is 0 Å². The lowest BCUT2D eigenvalue weighted by atomic mass is 9.88. The van der Waals surface area contributed by atoms with Gasteiger partial charge in [-0.25, -0.2) is 0 Å². The average Bonchev–Trinajstić information content (AvgIpc) is 2.86. The van der Waals surface area contributed by atoms with Gasteiger partial charge in [-0.2, -0.15) is 0 Å². The molecule has 3 fully saturated rings. The Bertz CT molecular complexity index is 222. The van der Waals surface area contributed by atoms with E-state index < -0.39 is 0 Å². The Balaban J connectivity index is 1.70. The zero-order chi connectivity index (χ0) is 8.40. The van der Waals surface area contributed by atoms with Crippen LogP contribution < -0.4 is 0 Å². The van der Waals surface area contributed by atoms with Crippen LogP contribution in [-0.2, 0) is 9.47 Å². The second-order valence-electron chi connectivity index (χ2n) is 5.06. The van der Waals surface area contributed by atoms with Crippen LogP contribution in [0.15, 0.2) is 0 Å². The summed E-state index contributed by atoms with van der Waals surface area (Å²) in [6.07, 6.45) is 2.60. The van der Waals surface area contributed by atoms with E-state index in [1.807, 2.05) is 0 Å². The Kier molecular flexibility index (Phi) is 1.15. The van der Waals surface area contributed by atoms with Crippen molar-refractivity contribution in [2.24, 2.45) is 11.8 Å². The summed E-state index contributed by atoms with van der Waals surface area (Å²) in [6.45, 7) is 6.32. The number of ether oxygens (including phenoxy) is 2. The maximum Gasteiger partial charge on any atom is 0.0938 e. The fraction of sp³-hybridized carbons (Fsp3) is 1.00. The van der Waals surface area contributed by atoms with Crippen molar-refractivity contribution in [3.63, 3.8) is 0 Å². The van der Waals surface area contributed by atoms with Crippen molar-refractivity contribution in [1.82, 2.24) is 0 Å². The lowest BCUT2D eigenvalue weighted by Crippen LogP contribution is -2.33. The van der Waals surface area contributed by atoms with E-state index in [1.165, 1.54) is 12.8 Å². The monoisotopic (exact) mass is 168 g/mol. The van der Waals surface area contributed by atoms with Crippen molar-refractivity contribution >= 4 is 0 Å². The summed E-state index contributed by atoms with van der Waals surface area (Å²) in [5.41, 5.74) is 0.450. The third-order valence-electron chi connectivity index (χ3n) is 4.00. The minimum atomic E-state index is 0.184. The molecule has 0 N–H and O–H groups in total. The normalized spacial score (nSPS) is 62.5. The lowest BCUT2D eigenvalue weighted by molar-refractivity contribution is -0.0399. The van der Waals surface area contributed by atoms with Crippen molar-refractivity contribution in [2.45, 2.75) is 37.9 Å². The van der Waals surface area contributed by atoms with Crippen LogP contribution in [0.5, 0.6) is 0 Å². The van der Waals surface area contributed by atoms with Crippen LogP contribution >= 0.6 is 0 Å². The second-order valence-corrected chi connectivity index (χ2v) is 5.06. The van der Waals surface area contributed by atoms with Gasteiger partial charge in [-0.3, -0.25) is 0 Å². The molecule has 2 aliphatic heterocycles. The molecule has 0 radical (unpaired) electrons. The summed E-state index contributed by atoms with van der Waals surface area (Å²) in [5.74, 6) is 1.50. The minimum absolute atomic E-state index is 0.184. The first-order valence-corrected chi connectivity index (χ1v) is 4.90. The maximum atomic E-state index is 5.84. The molecule has 2 nitrogen and oxygen atoms in total. The molecule has 0 aromatic heterocycles. The number of hydrogen-bond donors (Lipinski definition) is 0. The highest BCUT2D eigenvalue weighted by molar-refractivity contribution is 5.08. The lowest BCUT2D eigenvalue weighted by Gasteiger charge is -2.28. The molecule has 3 aliphatic rings. The Morgan fingerprint density at radius 3 is 2.42 bits per heavy atom. The molecule has 4 unspecified atom stereocenters. The molecule has 2 heteroatoms. The van der Waals surface area contributed by atoms with Crippen molar-refractivity contribution < 1.29 is 9.47 Å². The van der Waals surface area contributed by atoms with E-state index in [1.54, 1.807) is 0 Å². The molecule has 0 spiro atoms. The largest absolute Gasteiger partial charge is 0.375 e. The molecule has 0 bridgehead atoms. The van der Waals surface area contributed by atoms with Crippen LogP contribution in [0.2, 0.25) is 0 Å². The maximum absolute atomic E-state index is 5.84. The molecule has 4 atom stereocenters. The first-order valence-electron chi connectivity index (χ1n) is 4.90. The van der Waals surface area contributed by atoms with Crippen LogP contribution in [0.3, 0.4) is 0 Å². The van der Waals surface area contributed by atoms with Gasteiger partial charge in [-0.1, -0.05) is 0 Å². The Morgan fingerprint density at radius 2 is 1.83 bits per heavy atom. The van der Waals surface area contributed by atoms with Gasteiger partial charge in [0, 0.05) is 5.92 Å². The molecule has 2 heterocycles. The second kappa shape index (κ2) is 1.88. The molecule has 1 saturated carbocycles. The standard InChI is InChI=1S/C10H16O2/c1-9-4-7(9)3-8(5-11-9)10(2)6-12-10/h7-8H,3-6H2,1-2H3. The first-order chi connectivity index (χ1) is 5.62. The third kappa shape index (κ3) is 0.882. The van der Waals surface area contributed by atoms with Gasteiger partial charge < -0.3 is 9.47 Å². The van der Waals surface area contributed by atoms with Crippen LogP contribution in [0.1, 0.15) is 26.7 Å². The molecule has 0 amide bonds. The van der Waals surface area contributed by atoms with E-state index >= 15 is 0 Å². The number of hydrogen-bond acceptors (Lipinski definition) is 2. The Hall–Kier alpha value is -0.0800. The summed E-state index contributed by atoms with van der Waals surface area (Å²) in [7, 11) is 0. The summed E-state index contributed by atoms with van der Waals surface area (Å²) >= 11 is 0. The van der Waals surface area contributed by atoms with Gasteiger partial charge in [0.05, 0.1) is 24.4 Å². The van der Waals surface area contributed by atoms with Gasteiger partial charge in [0.1, 0.15) is 0 Å². The topological polar surface area (TPSA) is 21.8 Å². The van der Waals surface area contributed by atoms with Crippen LogP contribution in [0, 0.1) is 11.8 Å². The van der Waals surface area contributed by atoms with E-state index in [2.05, 4.69) is 13.8 Å². The van der Waals surface area contributed by atoms with Gasteiger partial charge in [0.15, 0.2) is 0 Å². The summed E-state index contributed by atoms with van der Waals surface area (Å²) in [5, 5.41) is 0. The number of epoxide rings is 1. The van der Waals surface area contributed by atoms with E-state index in [-0.39, 0.29) is 11.2 Å². The van der Waals surface area contributed by atoms with Gasteiger partial charge >= 0.3 is 0 Å². The SMILES string of the molecule is CC1(C2COC3(C)CC3C2)CO1. The highest BCUT2D eigenvalue weighted by Crippen LogP contribution is 2.56. The molecule has 3 rings (SSSR count). The minimum Gasteiger partial charge on any atom is -0.375 e. The molecule has 1 aliphatic carbocycles. The quantitative estimate of drug-likeness (QED) is 0.555. The number of fused-ring (bicyclic) bond motifs is 1. The van der Waals surface area contributed by atoms with Crippen LogP contribution in [-0.4, -0.2) is 24.4 Å². The number of rotatable bonds is 1. The highest BCUT2D eigenvalue weighted by Gasteiger charge is 2.60. The van der Waals surface area contributed by atoms with Crippen molar-refractivity contribution in [2.75, 3.05) is 13.2 Å². The molecule has 2 saturated heterocycles. The Labute approximate surface area is 73.2 Å². The molecule has 12 heavy (non-hydrogen) atoms.